The van der Waals surface area contributed by atoms with Gasteiger partial charge in [-0.3, -0.25) is 24.7 Å². The van der Waals surface area contributed by atoms with Crippen molar-refractivity contribution in [2.24, 2.45) is 0 Å². The van der Waals surface area contributed by atoms with E-state index in [0.717, 1.165) is 0 Å². The highest BCUT2D eigenvalue weighted by Crippen LogP contribution is 2.13. The summed E-state index contributed by atoms with van der Waals surface area (Å²) < 4.78 is 0. The number of rotatable bonds is 1. The maximum atomic E-state index is 12.4. The zero-order valence-electron chi connectivity index (χ0n) is 11.2. The smallest absolute Gasteiger partial charge is 0.275 e. The van der Waals surface area contributed by atoms with Crippen LogP contribution in [-0.4, -0.2) is 45.2 Å². The monoisotopic (exact) mass is 284 g/mol. The van der Waals surface area contributed by atoms with Gasteiger partial charge in [0, 0.05) is 0 Å². The van der Waals surface area contributed by atoms with E-state index in [-0.39, 0.29) is 12.2 Å². The summed E-state index contributed by atoms with van der Waals surface area (Å²) in [5.41, 5.74) is 1.38. The molecule has 7 nitrogen and oxygen atoms in total. The van der Waals surface area contributed by atoms with Crippen LogP contribution in [0.3, 0.4) is 0 Å². The van der Waals surface area contributed by atoms with Crippen LogP contribution in [0.15, 0.2) is 30.5 Å². The molecule has 0 aliphatic carbocycles. The summed E-state index contributed by atoms with van der Waals surface area (Å²) in [5.74, 6) is -1.47. The molecule has 1 aliphatic rings. The number of hydrogen-bond donors (Lipinski definition) is 1. The third kappa shape index (κ3) is 2.33. The Hall–Kier alpha value is -2.83. The van der Waals surface area contributed by atoms with Gasteiger partial charge in [-0.1, -0.05) is 12.1 Å². The minimum absolute atomic E-state index is 0.114. The van der Waals surface area contributed by atoms with Gasteiger partial charge in [0.25, 0.3) is 5.91 Å². The number of imide groups is 1. The summed E-state index contributed by atoms with van der Waals surface area (Å²) in [6.45, 7) is 1.40. The van der Waals surface area contributed by atoms with Crippen molar-refractivity contribution in [3.8, 4) is 0 Å². The fraction of sp³-hybridized carbons (Fsp3) is 0.214. The summed E-state index contributed by atoms with van der Waals surface area (Å²) in [6.07, 6.45) is 1.36. The van der Waals surface area contributed by atoms with Crippen molar-refractivity contribution in [2.75, 3.05) is 6.54 Å². The topological polar surface area (TPSA) is 92.3 Å². The van der Waals surface area contributed by atoms with Gasteiger partial charge in [0.2, 0.25) is 11.8 Å². The van der Waals surface area contributed by atoms with E-state index in [1.54, 1.807) is 25.1 Å². The molecule has 0 bridgehead atoms. The number of piperazine rings is 1. The van der Waals surface area contributed by atoms with Crippen molar-refractivity contribution < 1.29 is 14.4 Å². The minimum atomic E-state index is -0.719. The first-order valence-corrected chi connectivity index (χ1v) is 6.43. The Balaban J connectivity index is 1.95. The molecule has 106 valence electrons. The largest absolute Gasteiger partial charge is 0.316 e. The molecule has 1 saturated heterocycles. The average molecular weight is 284 g/mol. The molecule has 7 heteroatoms. The molecule has 1 aromatic carbocycles. The lowest BCUT2D eigenvalue weighted by Gasteiger charge is -2.31. The van der Waals surface area contributed by atoms with Gasteiger partial charge in [0.1, 0.15) is 18.3 Å². The lowest BCUT2D eigenvalue weighted by molar-refractivity contribution is -0.138. The fourth-order valence-electron chi connectivity index (χ4n) is 2.17. The molecule has 0 saturated carbocycles. The van der Waals surface area contributed by atoms with E-state index >= 15 is 0 Å². The van der Waals surface area contributed by atoms with Gasteiger partial charge in [-0.25, -0.2) is 4.98 Å². The number of fused-ring (bicyclic) bond motifs is 1. The Morgan fingerprint density at radius 3 is 2.76 bits per heavy atom. The van der Waals surface area contributed by atoms with Crippen molar-refractivity contribution in [2.45, 2.75) is 13.0 Å². The van der Waals surface area contributed by atoms with Crippen LogP contribution in [0.1, 0.15) is 17.4 Å². The second-order valence-electron chi connectivity index (χ2n) is 4.77. The van der Waals surface area contributed by atoms with Crippen molar-refractivity contribution in [3.05, 3.63) is 36.2 Å². The number of carbonyl (C=O) groups is 3. The van der Waals surface area contributed by atoms with Crippen LogP contribution >= 0.6 is 0 Å². The Labute approximate surface area is 120 Å². The maximum absolute atomic E-state index is 12.4. The van der Waals surface area contributed by atoms with E-state index in [1.165, 1.54) is 11.1 Å². The molecule has 21 heavy (non-hydrogen) atoms. The molecule has 1 aliphatic heterocycles. The number of aromatic nitrogens is 2. The highest BCUT2D eigenvalue weighted by Gasteiger charge is 2.34. The van der Waals surface area contributed by atoms with Crippen LogP contribution in [0.25, 0.3) is 11.0 Å². The van der Waals surface area contributed by atoms with Crippen molar-refractivity contribution in [1.29, 1.82) is 0 Å². The van der Waals surface area contributed by atoms with Crippen molar-refractivity contribution in [3.63, 3.8) is 0 Å². The molecule has 3 amide bonds. The molecule has 1 N–H and O–H groups in total. The summed E-state index contributed by atoms with van der Waals surface area (Å²) >= 11 is 0. The van der Waals surface area contributed by atoms with Crippen molar-refractivity contribution in [1.82, 2.24) is 20.2 Å². The van der Waals surface area contributed by atoms with Gasteiger partial charge in [-0.05, 0) is 19.1 Å². The van der Waals surface area contributed by atoms with E-state index < -0.39 is 23.8 Å². The van der Waals surface area contributed by atoms with Gasteiger partial charge >= 0.3 is 0 Å². The van der Waals surface area contributed by atoms with Crippen LogP contribution in [0.4, 0.5) is 0 Å². The van der Waals surface area contributed by atoms with E-state index in [9.17, 15) is 14.4 Å². The molecule has 1 aromatic heterocycles. The number of carbonyl (C=O) groups excluding carboxylic acids is 3. The average Bonchev–Trinajstić information content (AvgIpc) is 2.49. The lowest BCUT2D eigenvalue weighted by atomic mass is 10.2. The van der Waals surface area contributed by atoms with Gasteiger partial charge < -0.3 is 4.90 Å². The minimum Gasteiger partial charge on any atom is -0.316 e. The van der Waals surface area contributed by atoms with Crippen LogP contribution < -0.4 is 5.32 Å². The summed E-state index contributed by atoms with van der Waals surface area (Å²) in [4.78, 5) is 45.1. The summed E-state index contributed by atoms with van der Waals surface area (Å²) in [7, 11) is 0. The molecule has 1 atom stereocenters. The Morgan fingerprint density at radius 1 is 1.29 bits per heavy atom. The number of amides is 3. The molecule has 2 heterocycles. The first-order valence-electron chi connectivity index (χ1n) is 6.43. The van der Waals surface area contributed by atoms with Crippen LogP contribution in [0.2, 0.25) is 0 Å². The second kappa shape index (κ2) is 4.93. The molecule has 2 aromatic rings. The zero-order valence-corrected chi connectivity index (χ0v) is 11.2. The van der Waals surface area contributed by atoms with Gasteiger partial charge in [-0.15, -0.1) is 0 Å². The van der Waals surface area contributed by atoms with Gasteiger partial charge in [0.15, 0.2) is 0 Å². The third-order valence-corrected chi connectivity index (χ3v) is 3.35. The number of nitrogens with one attached hydrogen (secondary N) is 1. The quantitative estimate of drug-likeness (QED) is 0.751. The first kappa shape index (κ1) is 13.2. The molecule has 1 fully saturated rings. The van der Waals surface area contributed by atoms with Gasteiger partial charge in [-0.2, -0.15) is 0 Å². The Bertz CT molecular complexity index is 759. The normalized spacial score (nSPS) is 18.7. The SMILES string of the molecule is CC1C(=O)NC(=O)CN1C(=O)c1cnc2ccccc2n1. The molecule has 1 unspecified atom stereocenters. The molecule has 0 radical (unpaired) electrons. The molecule has 0 spiro atoms. The molecule has 3 rings (SSSR count). The highest BCUT2D eigenvalue weighted by atomic mass is 16.2. The third-order valence-electron chi connectivity index (χ3n) is 3.35. The Kier molecular flexibility index (Phi) is 3.09. The van der Waals surface area contributed by atoms with Crippen LogP contribution in [0.5, 0.6) is 0 Å². The van der Waals surface area contributed by atoms with Crippen molar-refractivity contribution >= 4 is 28.8 Å². The highest BCUT2D eigenvalue weighted by molar-refractivity contribution is 6.06. The second-order valence-corrected chi connectivity index (χ2v) is 4.77. The van der Waals surface area contributed by atoms with E-state index in [2.05, 4.69) is 15.3 Å². The number of nitrogens with zero attached hydrogens (tertiary/aromatic N) is 3. The first-order chi connectivity index (χ1) is 10.1. The number of para-hydroxylation sites is 2. The van der Waals surface area contributed by atoms with E-state index in [0.29, 0.717) is 11.0 Å². The zero-order chi connectivity index (χ0) is 15.0. The molecular formula is C14H12N4O3. The molecular weight excluding hydrogens is 272 g/mol. The fourth-order valence-corrected chi connectivity index (χ4v) is 2.17. The summed E-state index contributed by atoms with van der Waals surface area (Å²) in [5, 5.41) is 2.19. The van der Waals surface area contributed by atoms with Crippen LogP contribution in [0, 0.1) is 0 Å². The van der Waals surface area contributed by atoms with E-state index in [4.69, 9.17) is 0 Å². The standard InChI is InChI=1S/C14H12N4O3/c1-8-13(20)17-12(19)7-18(8)14(21)11-6-15-9-4-2-3-5-10(9)16-11/h2-6,8H,7H2,1H3,(H,17,19,20). The predicted octanol–water partition coefficient (Wildman–Crippen LogP) is 0.117. The number of benzene rings is 1. The summed E-state index contributed by atoms with van der Waals surface area (Å²) in [6, 6.07) is 6.44. The number of hydrogen-bond acceptors (Lipinski definition) is 5. The van der Waals surface area contributed by atoms with Crippen LogP contribution in [-0.2, 0) is 9.59 Å². The lowest BCUT2D eigenvalue weighted by Crippen LogP contribution is -2.58. The maximum Gasteiger partial charge on any atom is 0.275 e. The predicted molar refractivity (Wildman–Crippen MR) is 73.2 cm³/mol. The Morgan fingerprint density at radius 2 is 2.00 bits per heavy atom. The van der Waals surface area contributed by atoms with Gasteiger partial charge in [0.05, 0.1) is 17.2 Å². The van der Waals surface area contributed by atoms with E-state index in [1.807, 2.05) is 6.07 Å².